The molecule has 0 bridgehead atoms. The van der Waals surface area contributed by atoms with E-state index in [4.69, 9.17) is 21.4 Å². The number of carbonyl (C=O) groups excluding carboxylic acids is 2. The second-order valence-electron chi connectivity index (χ2n) is 9.01. The van der Waals surface area contributed by atoms with Crippen LogP contribution in [0.5, 0.6) is 5.75 Å². The SMILES string of the molecule is O=C(NC(=S)Nc1ccc(N2CCN(C(=O)c3ccco3)CC2)cc1)c1cccc(OCc2ccccc2)c1. The largest absolute Gasteiger partial charge is 0.489 e. The van der Waals surface area contributed by atoms with E-state index >= 15 is 0 Å². The molecule has 0 radical (unpaired) electrons. The van der Waals surface area contributed by atoms with Gasteiger partial charge in [-0.15, -0.1) is 0 Å². The second-order valence-corrected chi connectivity index (χ2v) is 9.42. The van der Waals surface area contributed by atoms with E-state index < -0.39 is 0 Å². The summed E-state index contributed by atoms with van der Waals surface area (Å²) in [5.41, 5.74) is 3.31. The van der Waals surface area contributed by atoms with Crippen LogP contribution >= 0.6 is 12.2 Å². The van der Waals surface area contributed by atoms with Crippen LogP contribution in [0.25, 0.3) is 0 Å². The smallest absolute Gasteiger partial charge is 0.289 e. The molecule has 0 aliphatic carbocycles. The number of ether oxygens (including phenoxy) is 1. The number of furan rings is 1. The molecule has 1 aromatic heterocycles. The monoisotopic (exact) mass is 540 g/mol. The minimum absolute atomic E-state index is 0.0822. The molecule has 198 valence electrons. The van der Waals surface area contributed by atoms with Gasteiger partial charge in [-0.05, 0) is 72.4 Å². The first-order valence-corrected chi connectivity index (χ1v) is 13.0. The van der Waals surface area contributed by atoms with Gasteiger partial charge in [0.25, 0.3) is 11.8 Å². The molecule has 2 heterocycles. The Morgan fingerprint density at radius 1 is 0.872 bits per heavy atom. The zero-order valence-electron chi connectivity index (χ0n) is 21.2. The molecule has 2 N–H and O–H groups in total. The number of carbonyl (C=O) groups is 2. The fourth-order valence-corrected chi connectivity index (χ4v) is 4.50. The van der Waals surface area contributed by atoms with Crippen molar-refractivity contribution in [2.24, 2.45) is 0 Å². The molecule has 2 amide bonds. The van der Waals surface area contributed by atoms with Gasteiger partial charge in [0.15, 0.2) is 10.9 Å². The average molecular weight is 541 g/mol. The van der Waals surface area contributed by atoms with Gasteiger partial charge in [-0.25, -0.2) is 0 Å². The van der Waals surface area contributed by atoms with E-state index in [1.54, 1.807) is 35.2 Å². The van der Waals surface area contributed by atoms with E-state index in [0.717, 1.165) is 30.0 Å². The van der Waals surface area contributed by atoms with Gasteiger partial charge in [0.1, 0.15) is 12.4 Å². The molecule has 0 saturated carbocycles. The molecule has 0 atom stereocenters. The highest BCUT2D eigenvalue weighted by molar-refractivity contribution is 7.80. The lowest BCUT2D eigenvalue weighted by molar-refractivity contribution is 0.0714. The first-order chi connectivity index (χ1) is 19.0. The summed E-state index contributed by atoms with van der Waals surface area (Å²) >= 11 is 5.36. The molecule has 4 aromatic rings. The first-order valence-electron chi connectivity index (χ1n) is 12.6. The lowest BCUT2D eigenvalue weighted by atomic mass is 10.2. The molecule has 0 unspecified atom stereocenters. The van der Waals surface area contributed by atoms with Gasteiger partial charge in [-0.1, -0.05) is 36.4 Å². The van der Waals surface area contributed by atoms with Crippen molar-refractivity contribution in [3.8, 4) is 5.75 Å². The van der Waals surface area contributed by atoms with Crippen LogP contribution in [-0.4, -0.2) is 48.0 Å². The third kappa shape index (κ3) is 6.82. The van der Waals surface area contributed by atoms with Crippen LogP contribution in [-0.2, 0) is 6.61 Å². The number of benzene rings is 3. The third-order valence-corrected chi connectivity index (χ3v) is 6.56. The highest BCUT2D eigenvalue weighted by atomic mass is 32.1. The summed E-state index contributed by atoms with van der Waals surface area (Å²) in [4.78, 5) is 29.3. The predicted molar refractivity (Wildman–Crippen MR) is 154 cm³/mol. The number of anilines is 2. The number of piperazine rings is 1. The van der Waals surface area contributed by atoms with Crippen LogP contribution in [0.2, 0.25) is 0 Å². The van der Waals surface area contributed by atoms with E-state index in [1.807, 2.05) is 60.7 Å². The molecule has 1 aliphatic rings. The van der Waals surface area contributed by atoms with Crippen LogP contribution in [0, 0.1) is 0 Å². The summed E-state index contributed by atoms with van der Waals surface area (Å²) in [6.45, 7) is 3.10. The number of thiocarbonyl (C=S) groups is 1. The van der Waals surface area contributed by atoms with Crippen molar-refractivity contribution < 1.29 is 18.7 Å². The van der Waals surface area contributed by atoms with Crippen molar-refractivity contribution in [2.45, 2.75) is 6.61 Å². The molecule has 1 fully saturated rings. The Hall–Kier alpha value is -4.63. The summed E-state index contributed by atoms with van der Waals surface area (Å²) in [5, 5.41) is 5.98. The molecular weight excluding hydrogens is 512 g/mol. The number of amides is 2. The fourth-order valence-electron chi connectivity index (χ4n) is 4.29. The van der Waals surface area contributed by atoms with Crippen LogP contribution < -0.4 is 20.3 Å². The second kappa shape index (κ2) is 12.3. The predicted octanol–water partition coefficient (Wildman–Crippen LogP) is 4.95. The molecule has 5 rings (SSSR count). The summed E-state index contributed by atoms with van der Waals surface area (Å²) in [5.74, 6) is 0.565. The van der Waals surface area contributed by atoms with Gasteiger partial charge < -0.3 is 24.3 Å². The van der Waals surface area contributed by atoms with Gasteiger partial charge in [0, 0.05) is 43.1 Å². The molecule has 39 heavy (non-hydrogen) atoms. The van der Waals surface area contributed by atoms with Gasteiger partial charge in [-0.3, -0.25) is 14.9 Å². The van der Waals surface area contributed by atoms with Gasteiger partial charge >= 0.3 is 0 Å². The summed E-state index contributed by atoms with van der Waals surface area (Å²) < 4.78 is 11.1. The molecule has 1 saturated heterocycles. The van der Waals surface area contributed by atoms with E-state index in [9.17, 15) is 9.59 Å². The maximum atomic E-state index is 12.7. The average Bonchev–Trinajstić information content (AvgIpc) is 3.52. The molecule has 1 aliphatic heterocycles. The Balaban J connectivity index is 1.09. The van der Waals surface area contributed by atoms with Gasteiger partial charge in [-0.2, -0.15) is 0 Å². The maximum Gasteiger partial charge on any atom is 0.289 e. The lowest BCUT2D eigenvalue weighted by Gasteiger charge is -2.35. The molecule has 0 spiro atoms. The van der Waals surface area contributed by atoms with E-state index in [2.05, 4.69) is 15.5 Å². The molecular formula is C30H28N4O4S. The first kappa shape index (κ1) is 26.0. The van der Waals surface area contributed by atoms with Crippen molar-refractivity contribution in [3.63, 3.8) is 0 Å². The molecule has 8 nitrogen and oxygen atoms in total. The zero-order chi connectivity index (χ0) is 27.0. The zero-order valence-corrected chi connectivity index (χ0v) is 22.0. The highest BCUT2D eigenvalue weighted by Gasteiger charge is 2.23. The van der Waals surface area contributed by atoms with Crippen LogP contribution in [0.4, 0.5) is 11.4 Å². The van der Waals surface area contributed by atoms with E-state index in [1.165, 1.54) is 6.26 Å². The number of nitrogens with one attached hydrogen (secondary N) is 2. The highest BCUT2D eigenvalue weighted by Crippen LogP contribution is 2.21. The summed E-state index contributed by atoms with van der Waals surface area (Å²) in [7, 11) is 0. The van der Waals surface area contributed by atoms with Gasteiger partial charge in [0.05, 0.1) is 6.26 Å². The van der Waals surface area contributed by atoms with E-state index in [-0.39, 0.29) is 16.9 Å². The fraction of sp³-hybridized carbons (Fsp3) is 0.167. The van der Waals surface area contributed by atoms with Crippen molar-refractivity contribution in [1.29, 1.82) is 0 Å². The van der Waals surface area contributed by atoms with Crippen molar-refractivity contribution in [3.05, 3.63) is 114 Å². The maximum absolute atomic E-state index is 12.7. The van der Waals surface area contributed by atoms with Gasteiger partial charge in [0.2, 0.25) is 0 Å². The number of nitrogens with zero attached hydrogens (tertiary/aromatic N) is 2. The van der Waals surface area contributed by atoms with Crippen molar-refractivity contribution in [2.75, 3.05) is 36.4 Å². The Morgan fingerprint density at radius 3 is 2.36 bits per heavy atom. The van der Waals surface area contributed by atoms with Crippen LogP contribution in [0.15, 0.2) is 102 Å². The topological polar surface area (TPSA) is 87.1 Å². The van der Waals surface area contributed by atoms with E-state index in [0.29, 0.717) is 36.8 Å². The molecule has 3 aromatic carbocycles. The lowest BCUT2D eigenvalue weighted by Crippen LogP contribution is -2.48. The third-order valence-electron chi connectivity index (χ3n) is 6.36. The Labute approximate surface area is 232 Å². The van der Waals surface area contributed by atoms with Crippen molar-refractivity contribution in [1.82, 2.24) is 10.2 Å². The quantitative estimate of drug-likeness (QED) is 0.321. The Kier molecular flexibility index (Phi) is 8.18. The molecule has 9 heteroatoms. The number of rotatable bonds is 7. The van der Waals surface area contributed by atoms with Crippen LogP contribution in [0.1, 0.15) is 26.5 Å². The number of hydrogen-bond acceptors (Lipinski definition) is 6. The van der Waals surface area contributed by atoms with Crippen LogP contribution in [0.3, 0.4) is 0 Å². The Morgan fingerprint density at radius 2 is 1.64 bits per heavy atom. The standard InChI is InChI=1S/C30H28N4O4S/c35-28(23-8-4-9-26(20-23)38-21-22-6-2-1-3-7-22)32-30(39)31-24-11-13-25(14-12-24)33-15-17-34(18-16-33)29(36)27-10-5-19-37-27/h1-14,19-20H,15-18,21H2,(H2,31,32,35,39). The van der Waals surface area contributed by atoms with Crippen molar-refractivity contribution >= 4 is 40.5 Å². The Bertz CT molecular complexity index is 1420. The summed E-state index contributed by atoms with van der Waals surface area (Å²) in [6.07, 6.45) is 1.51. The number of hydrogen-bond donors (Lipinski definition) is 2. The minimum atomic E-state index is -0.323. The normalized spacial score (nSPS) is 13.0. The summed E-state index contributed by atoms with van der Waals surface area (Å²) in [6, 6.07) is 28.0. The minimum Gasteiger partial charge on any atom is -0.489 e.